The second-order valence-electron chi connectivity index (χ2n) is 4.06. The van der Waals surface area contributed by atoms with Gasteiger partial charge < -0.3 is 0 Å². The van der Waals surface area contributed by atoms with E-state index in [9.17, 15) is 4.79 Å². The topological polar surface area (TPSA) is 83.6 Å². The van der Waals surface area contributed by atoms with Gasteiger partial charge in [-0.3, -0.25) is 20.2 Å². The summed E-state index contributed by atoms with van der Waals surface area (Å²) in [6, 6.07) is 12.8. The van der Waals surface area contributed by atoms with E-state index in [1.807, 2.05) is 30.3 Å². The maximum absolute atomic E-state index is 11.9. The third-order valence-corrected chi connectivity index (χ3v) is 2.70. The number of carbonyl (C=O) groups is 1. The van der Waals surface area contributed by atoms with Crippen molar-refractivity contribution in [3.8, 4) is 11.4 Å². The molecule has 0 aliphatic carbocycles. The minimum Gasteiger partial charge on any atom is -0.289 e. The Labute approximate surface area is 114 Å². The number of hydrogen-bond donors (Lipinski definition) is 2. The Morgan fingerprint density at radius 3 is 2.55 bits per heavy atom. The zero-order valence-corrected chi connectivity index (χ0v) is 10.4. The largest absolute Gasteiger partial charge is 0.289 e. The summed E-state index contributed by atoms with van der Waals surface area (Å²) >= 11 is 0. The van der Waals surface area contributed by atoms with Crippen LogP contribution in [0.3, 0.4) is 0 Å². The highest BCUT2D eigenvalue weighted by Crippen LogP contribution is 2.15. The van der Waals surface area contributed by atoms with Gasteiger partial charge in [0.25, 0.3) is 5.91 Å². The van der Waals surface area contributed by atoms with Gasteiger partial charge in [-0.05, 0) is 12.1 Å². The second-order valence-corrected chi connectivity index (χ2v) is 4.06. The highest BCUT2D eigenvalue weighted by atomic mass is 16.1. The molecule has 3 rings (SSSR count). The average molecular weight is 265 g/mol. The number of pyridine rings is 1. The van der Waals surface area contributed by atoms with E-state index >= 15 is 0 Å². The fourth-order valence-corrected chi connectivity index (χ4v) is 1.72. The van der Waals surface area contributed by atoms with Crippen molar-refractivity contribution in [2.24, 2.45) is 0 Å². The minimum atomic E-state index is -0.272. The number of hydrogen-bond acceptors (Lipinski definition) is 4. The van der Waals surface area contributed by atoms with Crippen molar-refractivity contribution in [3.63, 3.8) is 0 Å². The molecule has 1 amide bonds. The molecule has 6 nitrogen and oxygen atoms in total. The van der Waals surface area contributed by atoms with Crippen LogP contribution in [0.4, 0.5) is 5.95 Å². The molecular formula is C14H11N5O. The third kappa shape index (κ3) is 2.54. The van der Waals surface area contributed by atoms with E-state index in [0.717, 1.165) is 5.56 Å². The number of anilines is 1. The Kier molecular flexibility index (Phi) is 3.20. The lowest BCUT2D eigenvalue weighted by molar-refractivity contribution is 0.102. The fourth-order valence-electron chi connectivity index (χ4n) is 1.72. The first-order valence-electron chi connectivity index (χ1n) is 6.02. The summed E-state index contributed by atoms with van der Waals surface area (Å²) in [7, 11) is 0. The van der Waals surface area contributed by atoms with Crippen molar-refractivity contribution < 1.29 is 4.79 Å². The van der Waals surface area contributed by atoms with E-state index in [-0.39, 0.29) is 11.9 Å². The number of nitrogens with zero attached hydrogens (tertiary/aromatic N) is 3. The molecule has 98 valence electrons. The summed E-state index contributed by atoms with van der Waals surface area (Å²) in [6.45, 7) is 0. The van der Waals surface area contributed by atoms with E-state index in [2.05, 4.69) is 25.5 Å². The Hall–Kier alpha value is -3.02. The third-order valence-electron chi connectivity index (χ3n) is 2.70. The van der Waals surface area contributed by atoms with Crippen LogP contribution in [0.5, 0.6) is 0 Å². The molecular weight excluding hydrogens is 254 g/mol. The molecule has 1 aromatic carbocycles. The number of amides is 1. The van der Waals surface area contributed by atoms with Crippen LogP contribution in [0, 0.1) is 0 Å². The Morgan fingerprint density at radius 1 is 1.05 bits per heavy atom. The highest BCUT2D eigenvalue weighted by Gasteiger charge is 2.10. The van der Waals surface area contributed by atoms with Gasteiger partial charge in [0.05, 0.1) is 0 Å². The van der Waals surface area contributed by atoms with Crippen molar-refractivity contribution >= 4 is 11.9 Å². The van der Waals surface area contributed by atoms with Gasteiger partial charge in [0, 0.05) is 23.5 Å². The maximum Gasteiger partial charge on any atom is 0.258 e. The molecule has 0 aliphatic heterocycles. The summed E-state index contributed by atoms with van der Waals surface area (Å²) in [6.07, 6.45) is 3.12. The predicted molar refractivity (Wildman–Crippen MR) is 74.0 cm³/mol. The van der Waals surface area contributed by atoms with Crippen LogP contribution in [0.1, 0.15) is 10.4 Å². The molecule has 0 saturated carbocycles. The number of aromatic nitrogens is 4. The van der Waals surface area contributed by atoms with Gasteiger partial charge in [-0.25, -0.2) is 0 Å². The van der Waals surface area contributed by atoms with Crippen LogP contribution in [0.2, 0.25) is 0 Å². The predicted octanol–water partition coefficient (Wildman–Crippen LogP) is 2.12. The monoisotopic (exact) mass is 265 g/mol. The molecule has 0 aliphatic rings. The van der Waals surface area contributed by atoms with Crippen molar-refractivity contribution in [2.45, 2.75) is 0 Å². The zero-order valence-electron chi connectivity index (χ0n) is 10.4. The van der Waals surface area contributed by atoms with Crippen LogP contribution < -0.4 is 5.32 Å². The number of rotatable bonds is 3. The molecule has 20 heavy (non-hydrogen) atoms. The molecule has 0 radical (unpaired) electrons. The molecule has 2 aromatic heterocycles. The molecule has 2 heterocycles. The van der Waals surface area contributed by atoms with Gasteiger partial charge in [0.15, 0.2) is 5.82 Å². The summed E-state index contributed by atoms with van der Waals surface area (Å²) in [5.74, 6) is 0.576. The summed E-state index contributed by atoms with van der Waals surface area (Å²) < 4.78 is 0. The molecule has 2 N–H and O–H groups in total. The Morgan fingerprint density at radius 2 is 1.80 bits per heavy atom. The Balaban J connectivity index is 1.77. The van der Waals surface area contributed by atoms with E-state index in [0.29, 0.717) is 11.4 Å². The van der Waals surface area contributed by atoms with Gasteiger partial charge in [-0.2, -0.15) is 4.98 Å². The number of nitrogens with one attached hydrogen (secondary N) is 2. The lowest BCUT2D eigenvalue weighted by Crippen LogP contribution is -2.12. The van der Waals surface area contributed by atoms with Gasteiger partial charge in [-0.1, -0.05) is 30.3 Å². The quantitative estimate of drug-likeness (QED) is 0.759. The average Bonchev–Trinajstić information content (AvgIpc) is 2.97. The lowest BCUT2D eigenvalue weighted by Gasteiger charge is -1.99. The SMILES string of the molecule is O=C(Nc1n[nH]c(-c2ccccc2)n1)c1ccncc1. The summed E-state index contributed by atoms with van der Waals surface area (Å²) in [5, 5.41) is 9.39. The maximum atomic E-state index is 11.9. The lowest BCUT2D eigenvalue weighted by atomic mass is 10.2. The number of carbonyl (C=O) groups excluding carboxylic acids is 1. The molecule has 0 spiro atoms. The molecule has 0 atom stereocenters. The van der Waals surface area contributed by atoms with Crippen LogP contribution in [0.15, 0.2) is 54.9 Å². The minimum absolute atomic E-state index is 0.241. The first kappa shape index (κ1) is 12.0. The number of aromatic amines is 1. The standard InChI is InChI=1S/C14H11N5O/c20-13(11-6-8-15-9-7-11)17-14-16-12(18-19-14)10-4-2-1-3-5-10/h1-9H,(H2,16,17,18,19,20). The van der Waals surface area contributed by atoms with Crippen molar-refractivity contribution in [3.05, 3.63) is 60.4 Å². The normalized spacial score (nSPS) is 10.2. The second kappa shape index (κ2) is 5.31. The van der Waals surface area contributed by atoms with Gasteiger partial charge >= 0.3 is 0 Å². The van der Waals surface area contributed by atoms with Gasteiger partial charge in [0.2, 0.25) is 5.95 Å². The summed E-state index contributed by atoms with van der Waals surface area (Å²) in [5.41, 5.74) is 1.41. The van der Waals surface area contributed by atoms with Crippen LogP contribution >= 0.6 is 0 Å². The molecule has 0 saturated heterocycles. The van der Waals surface area contributed by atoms with Crippen LogP contribution in [-0.2, 0) is 0 Å². The molecule has 0 fully saturated rings. The van der Waals surface area contributed by atoms with E-state index in [4.69, 9.17) is 0 Å². The van der Waals surface area contributed by atoms with E-state index in [1.165, 1.54) is 0 Å². The van der Waals surface area contributed by atoms with Gasteiger partial charge in [-0.15, -0.1) is 5.10 Å². The molecule has 0 unspecified atom stereocenters. The fraction of sp³-hybridized carbons (Fsp3) is 0. The van der Waals surface area contributed by atoms with Crippen LogP contribution in [-0.4, -0.2) is 26.1 Å². The van der Waals surface area contributed by atoms with Gasteiger partial charge in [0.1, 0.15) is 0 Å². The molecule has 6 heteroatoms. The van der Waals surface area contributed by atoms with Crippen molar-refractivity contribution in [2.75, 3.05) is 5.32 Å². The first-order valence-corrected chi connectivity index (χ1v) is 6.02. The first-order chi connectivity index (χ1) is 9.83. The summed E-state index contributed by atoms with van der Waals surface area (Å²) in [4.78, 5) is 20.0. The number of H-pyrrole nitrogens is 1. The van der Waals surface area contributed by atoms with E-state index < -0.39 is 0 Å². The Bertz CT molecular complexity index is 709. The molecule has 3 aromatic rings. The smallest absolute Gasteiger partial charge is 0.258 e. The van der Waals surface area contributed by atoms with Crippen molar-refractivity contribution in [1.82, 2.24) is 20.2 Å². The number of benzene rings is 1. The van der Waals surface area contributed by atoms with E-state index in [1.54, 1.807) is 24.5 Å². The zero-order chi connectivity index (χ0) is 13.8. The highest BCUT2D eigenvalue weighted by molar-refractivity contribution is 6.03. The molecule has 0 bridgehead atoms. The van der Waals surface area contributed by atoms with Crippen LogP contribution in [0.25, 0.3) is 11.4 Å². The van der Waals surface area contributed by atoms with Crippen molar-refractivity contribution in [1.29, 1.82) is 0 Å².